The van der Waals surface area contributed by atoms with Gasteiger partial charge < -0.3 is 9.84 Å². The van der Waals surface area contributed by atoms with Gasteiger partial charge in [0.25, 0.3) is 11.3 Å². The number of piperidine rings is 1. The molecule has 0 radical (unpaired) electrons. The molecule has 2 atom stereocenters. The highest BCUT2D eigenvalue weighted by Crippen LogP contribution is 2.32. The number of carbonyl (C=O) groups is 1. The van der Waals surface area contributed by atoms with Gasteiger partial charge in [-0.1, -0.05) is 54.1 Å². The number of hydrogen-bond donors (Lipinski definition) is 2. The number of aryl methyl sites for hydroxylation is 1. The van der Waals surface area contributed by atoms with Crippen LogP contribution in [0.5, 0.6) is 5.75 Å². The number of aliphatic carboxylic acids is 1. The van der Waals surface area contributed by atoms with Crippen LogP contribution in [0.3, 0.4) is 0 Å². The summed E-state index contributed by atoms with van der Waals surface area (Å²) in [5, 5.41) is 10.1. The molecule has 0 saturated carbocycles. The van der Waals surface area contributed by atoms with Crippen molar-refractivity contribution in [1.82, 2.24) is 4.90 Å². The second kappa shape index (κ2) is 11.7. The zero-order valence-corrected chi connectivity index (χ0v) is 21.4. The molecule has 3 aromatic rings. The van der Waals surface area contributed by atoms with Crippen molar-refractivity contribution in [3.05, 3.63) is 83.9 Å². The van der Waals surface area contributed by atoms with E-state index in [0.717, 1.165) is 40.8 Å². The van der Waals surface area contributed by atoms with E-state index in [4.69, 9.17) is 4.74 Å². The van der Waals surface area contributed by atoms with Crippen molar-refractivity contribution >= 4 is 22.9 Å². The van der Waals surface area contributed by atoms with Crippen LogP contribution in [0.4, 0.5) is 5.69 Å². The maximum Gasteiger partial charge on any atom is 0.327 e. The summed E-state index contributed by atoms with van der Waals surface area (Å²) in [5.74, 6) is -0.575. The fraction of sp³-hybridized carbons (Fsp3) is 0.321. The molecule has 0 amide bonds. The van der Waals surface area contributed by atoms with Crippen molar-refractivity contribution < 1.29 is 23.4 Å². The molecule has 0 aliphatic carbocycles. The van der Waals surface area contributed by atoms with Crippen LogP contribution in [0.25, 0.3) is 11.1 Å². The van der Waals surface area contributed by atoms with Gasteiger partial charge >= 0.3 is 5.97 Å². The highest BCUT2D eigenvalue weighted by molar-refractivity contribution is 7.80. The number of ether oxygens (including phenoxy) is 1. The molecular formula is C28H32N2O5S. The van der Waals surface area contributed by atoms with E-state index in [1.54, 1.807) is 19.2 Å². The predicted octanol–water partition coefficient (Wildman–Crippen LogP) is 4.98. The summed E-state index contributed by atoms with van der Waals surface area (Å²) in [6.45, 7) is 4.35. The lowest BCUT2D eigenvalue weighted by Gasteiger charge is -2.38. The molecule has 0 aromatic heterocycles. The largest absolute Gasteiger partial charge is 0.497 e. The van der Waals surface area contributed by atoms with Crippen LogP contribution in [-0.2, 0) is 22.6 Å². The molecule has 7 nitrogen and oxygen atoms in total. The van der Waals surface area contributed by atoms with Gasteiger partial charge in [-0.25, -0.2) is 9.00 Å². The number of carboxylic acid groups (broad SMARTS) is 1. The molecule has 2 N–H and O–H groups in total. The Morgan fingerprint density at radius 2 is 1.56 bits per heavy atom. The third kappa shape index (κ3) is 6.13. The van der Waals surface area contributed by atoms with E-state index in [9.17, 15) is 18.7 Å². The molecular weight excluding hydrogens is 476 g/mol. The molecule has 1 fully saturated rings. The number of likely N-dealkylation sites (tertiary alicyclic amines) is 1. The number of anilines is 1. The van der Waals surface area contributed by atoms with Crippen molar-refractivity contribution in [2.75, 3.05) is 24.5 Å². The smallest absolute Gasteiger partial charge is 0.327 e. The second-order valence-electron chi connectivity index (χ2n) is 9.21. The average Bonchev–Trinajstić information content (AvgIpc) is 2.89. The fourth-order valence-electron chi connectivity index (χ4n) is 4.80. The summed E-state index contributed by atoms with van der Waals surface area (Å²) in [4.78, 5) is 14.7. The van der Waals surface area contributed by atoms with Gasteiger partial charge in [-0.15, -0.1) is 0 Å². The average molecular weight is 509 g/mol. The molecule has 1 saturated heterocycles. The SMILES string of the molecule is COc1ccc(-c2ccc(N(C(C(=O)O)C3CCN(Cc4ccc(C)cc4)CC3)S(=O)O)cc2)cc1. The summed E-state index contributed by atoms with van der Waals surface area (Å²) in [7, 11) is 1.61. The molecule has 1 aliphatic heterocycles. The monoisotopic (exact) mass is 508 g/mol. The first-order chi connectivity index (χ1) is 17.4. The Morgan fingerprint density at radius 3 is 2.06 bits per heavy atom. The lowest BCUT2D eigenvalue weighted by Crippen LogP contribution is -2.50. The van der Waals surface area contributed by atoms with E-state index in [1.807, 2.05) is 36.4 Å². The Hall–Kier alpha value is -3.20. The lowest BCUT2D eigenvalue weighted by atomic mass is 9.88. The van der Waals surface area contributed by atoms with Crippen molar-refractivity contribution in [2.45, 2.75) is 32.4 Å². The standard InChI is InChI=1S/C28H32N2O5S/c1-20-3-5-21(6-4-20)19-29-17-15-24(16-18-29)27(28(31)32)30(36(33)34)25-11-7-22(8-12-25)23-9-13-26(35-2)14-10-23/h3-14,24,27H,15-19H2,1-2H3,(H,31,32)(H,33,34). The Balaban J connectivity index is 1.47. The van der Waals surface area contributed by atoms with E-state index in [2.05, 4.69) is 36.1 Å². The number of benzene rings is 3. The Bertz CT molecular complexity index is 1170. The summed E-state index contributed by atoms with van der Waals surface area (Å²) < 4.78 is 28.9. The summed E-state index contributed by atoms with van der Waals surface area (Å²) in [6, 6.07) is 22.0. The van der Waals surface area contributed by atoms with Crippen LogP contribution in [-0.4, -0.2) is 51.0 Å². The van der Waals surface area contributed by atoms with Crippen LogP contribution in [0.15, 0.2) is 72.8 Å². The van der Waals surface area contributed by atoms with Crippen molar-refractivity contribution in [1.29, 1.82) is 0 Å². The quantitative estimate of drug-likeness (QED) is 0.396. The minimum Gasteiger partial charge on any atom is -0.497 e. The van der Waals surface area contributed by atoms with Crippen LogP contribution < -0.4 is 9.04 Å². The van der Waals surface area contributed by atoms with Crippen molar-refractivity contribution in [3.63, 3.8) is 0 Å². The normalized spacial score (nSPS) is 16.3. The maximum atomic E-state index is 12.4. The minimum atomic E-state index is -2.48. The van der Waals surface area contributed by atoms with Crippen LogP contribution in [0, 0.1) is 12.8 Å². The van der Waals surface area contributed by atoms with Gasteiger partial charge in [0.1, 0.15) is 11.8 Å². The van der Waals surface area contributed by atoms with E-state index < -0.39 is 23.3 Å². The molecule has 3 aromatic carbocycles. The van der Waals surface area contributed by atoms with Crippen LogP contribution in [0.1, 0.15) is 24.0 Å². The Kier molecular flexibility index (Phi) is 8.40. The summed E-state index contributed by atoms with van der Waals surface area (Å²) in [5.41, 5.74) is 4.73. The number of rotatable bonds is 9. The lowest BCUT2D eigenvalue weighted by molar-refractivity contribution is -0.140. The van der Waals surface area contributed by atoms with Gasteiger partial charge in [0.05, 0.1) is 12.8 Å². The second-order valence-corrected chi connectivity index (χ2v) is 10.1. The number of methoxy groups -OCH3 is 1. The third-order valence-corrected chi connectivity index (χ3v) is 7.60. The topological polar surface area (TPSA) is 90.3 Å². The molecule has 190 valence electrons. The van der Waals surface area contributed by atoms with E-state index in [1.165, 1.54) is 11.1 Å². The number of nitrogens with zero attached hydrogens (tertiary/aromatic N) is 2. The van der Waals surface area contributed by atoms with Crippen LogP contribution in [0.2, 0.25) is 0 Å². The number of carboxylic acids is 1. The van der Waals surface area contributed by atoms with Crippen LogP contribution >= 0.6 is 0 Å². The predicted molar refractivity (Wildman–Crippen MR) is 142 cm³/mol. The molecule has 36 heavy (non-hydrogen) atoms. The zero-order chi connectivity index (χ0) is 25.7. The highest BCUT2D eigenvalue weighted by Gasteiger charge is 2.38. The van der Waals surface area contributed by atoms with Gasteiger partial charge in [-0.2, -0.15) is 0 Å². The molecule has 8 heteroatoms. The zero-order valence-electron chi connectivity index (χ0n) is 20.5. The molecule has 0 bridgehead atoms. The first-order valence-corrected chi connectivity index (χ1v) is 13.1. The van der Waals surface area contributed by atoms with Crippen molar-refractivity contribution in [3.8, 4) is 16.9 Å². The Labute approximate surface area is 214 Å². The summed E-state index contributed by atoms with van der Waals surface area (Å²) in [6.07, 6.45) is 1.28. The van der Waals surface area contributed by atoms with Gasteiger partial charge in [0.2, 0.25) is 0 Å². The van der Waals surface area contributed by atoms with E-state index >= 15 is 0 Å². The Morgan fingerprint density at radius 1 is 1.00 bits per heavy atom. The molecule has 2 unspecified atom stereocenters. The number of hydrogen-bond acceptors (Lipinski definition) is 4. The van der Waals surface area contributed by atoms with Gasteiger partial charge in [-0.05, 0) is 79.7 Å². The first-order valence-electron chi connectivity index (χ1n) is 12.0. The van der Waals surface area contributed by atoms with Gasteiger partial charge in [0, 0.05) is 6.54 Å². The van der Waals surface area contributed by atoms with Gasteiger partial charge in [-0.3, -0.25) is 13.8 Å². The fourth-order valence-corrected chi connectivity index (χ4v) is 5.56. The van der Waals surface area contributed by atoms with E-state index in [0.29, 0.717) is 18.5 Å². The molecule has 1 heterocycles. The highest BCUT2D eigenvalue weighted by atomic mass is 32.2. The maximum absolute atomic E-state index is 12.4. The first kappa shape index (κ1) is 25.9. The minimum absolute atomic E-state index is 0.242. The molecule has 0 spiro atoms. The third-order valence-electron chi connectivity index (χ3n) is 6.82. The van der Waals surface area contributed by atoms with Crippen molar-refractivity contribution in [2.24, 2.45) is 5.92 Å². The summed E-state index contributed by atoms with van der Waals surface area (Å²) >= 11 is -2.48. The van der Waals surface area contributed by atoms with E-state index in [-0.39, 0.29) is 5.92 Å². The van der Waals surface area contributed by atoms with Gasteiger partial charge in [0.15, 0.2) is 0 Å². The molecule has 4 rings (SSSR count). The molecule has 1 aliphatic rings.